The number of carbonyl (C=O) groups excluding carboxylic acids is 1. The number of rotatable bonds is 5. The van der Waals surface area contributed by atoms with Gasteiger partial charge in [-0.05, 0) is 65.7 Å². The van der Waals surface area contributed by atoms with Gasteiger partial charge in [-0.1, -0.05) is 12.1 Å². The summed E-state index contributed by atoms with van der Waals surface area (Å²) in [6.45, 7) is 6.51. The number of ether oxygens (including phenoxy) is 2. The molecule has 3 aromatic heterocycles. The summed E-state index contributed by atoms with van der Waals surface area (Å²) in [6, 6.07) is 4.66. The molecule has 1 N–H and O–H groups in total. The summed E-state index contributed by atoms with van der Waals surface area (Å²) in [6.07, 6.45) is 12.4. The summed E-state index contributed by atoms with van der Waals surface area (Å²) in [5, 5.41) is 17.0. The molecule has 0 spiro atoms. The van der Waals surface area contributed by atoms with E-state index in [0.717, 1.165) is 78.5 Å². The quantitative estimate of drug-likeness (QED) is 0.297. The molecule has 3 fully saturated rings. The molecule has 2 bridgehead atoms. The third-order valence-electron chi connectivity index (χ3n) is 8.36. The fraction of sp³-hybridized carbons (Fsp3) is 0.533. The van der Waals surface area contributed by atoms with E-state index < -0.39 is 5.60 Å². The van der Waals surface area contributed by atoms with Crippen LogP contribution in [0, 0.1) is 0 Å². The first-order valence-electron chi connectivity index (χ1n) is 14.8. The van der Waals surface area contributed by atoms with Gasteiger partial charge in [-0.3, -0.25) is 0 Å². The monoisotopic (exact) mass is 588 g/mol. The van der Waals surface area contributed by atoms with E-state index in [4.69, 9.17) is 9.47 Å². The molecule has 220 valence electrons. The number of fused-ring (bicyclic) bond motifs is 3. The van der Waals surface area contributed by atoms with Crippen LogP contribution in [0.1, 0.15) is 71.9 Å². The van der Waals surface area contributed by atoms with Gasteiger partial charge in [0.15, 0.2) is 0 Å². The van der Waals surface area contributed by atoms with E-state index in [1.807, 2.05) is 42.1 Å². The van der Waals surface area contributed by atoms with Crippen LogP contribution >= 0.6 is 11.3 Å². The third-order valence-corrected chi connectivity index (χ3v) is 9.22. The van der Waals surface area contributed by atoms with Crippen LogP contribution in [0.5, 0.6) is 0 Å². The lowest BCUT2D eigenvalue weighted by Crippen LogP contribution is -2.51. The topological polar surface area (TPSA) is 120 Å². The van der Waals surface area contributed by atoms with Crippen molar-refractivity contribution in [1.29, 1.82) is 0 Å². The number of hydrogen-bond acceptors (Lipinski definition) is 10. The number of benzene rings is 1. The Bertz CT molecular complexity index is 1560. The van der Waals surface area contributed by atoms with E-state index >= 15 is 0 Å². The van der Waals surface area contributed by atoms with Gasteiger partial charge in [0.1, 0.15) is 17.5 Å². The number of amides is 1. The van der Waals surface area contributed by atoms with Crippen molar-refractivity contribution in [1.82, 2.24) is 34.8 Å². The van der Waals surface area contributed by atoms with Crippen LogP contribution in [-0.2, 0) is 9.47 Å². The molecule has 4 aromatic rings. The zero-order chi connectivity index (χ0) is 28.8. The molecule has 0 radical (unpaired) electrons. The molecular weight excluding hydrogens is 552 g/mol. The van der Waals surface area contributed by atoms with Crippen LogP contribution in [0.25, 0.3) is 32.6 Å². The summed E-state index contributed by atoms with van der Waals surface area (Å²) in [5.41, 5.74) is 5.98. The maximum atomic E-state index is 12.8. The molecule has 12 heteroatoms. The number of anilines is 1. The molecule has 11 nitrogen and oxygen atoms in total. The maximum absolute atomic E-state index is 12.8. The van der Waals surface area contributed by atoms with E-state index in [1.165, 1.54) is 0 Å². The van der Waals surface area contributed by atoms with Crippen molar-refractivity contribution in [2.24, 2.45) is 0 Å². The minimum atomic E-state index is -0.495. The number of hydrogen-bond donors (Lipinski definition) is 1. The highest BCUT2D eigenvalue weighted by Gasteiger charge is 2.45. The second-order valence-electron chi connectivity index (χ2n) is 12.5. The SMILES string of the molecule is CC(C)(C)OC(=O)N1[C@@H]2CC[C@H]1CC(Nc1ncc(-c3ccc(-c4cnn(C5CCCCO5)c4)c4ncsc34)nn1)C2. The van der Waals surface area contributed by atoms with Gasteiger partial charge in [0.25, 0.3) is 0 Å². The molecule has 4 atom stereocenters. The molecule has 0 aliphatic carbocycles. The van der Waals surface area contributed by atoms with Gasteiger partial charge in [0.05, 0.1) is 28.1 Å². The van der Waals surface area contributed by atoms with Gasteiger partial charge in [-0.15, -0.1) is 21.5 Å². The zero-order valence-corrected chi connectivity index (χ0v) is 25.0. The third kappa shape index (κ3) is 5.33. The highest BCUT2D eigenvalue weighted by atomic mass is 32.1. The Balaban J connectivity index is 1.05. The molecule has 7 rings (SSSR count). The molecule has 6 heterocycles. The average Bonchev–Trinajstić information content (AvgIpc) is 3.71. The molecule has 42 heavy (non-hydrogen) atoms. The summed E-state index contributed by atoms with van der Waals surface area (Å²) >= 11 is 1.58. The first-order valence-corrected chi connectivity index (χ1v) is 15.7. The second-order valence-corrected chi connectivity index (χ2v) is 13.3. The standard InChI is InChI=1S/C30H36N8O3S/c1-30(2,3)41-29(39)38-20-7-8-21(38)13-19(12-20)34-28-31-15-24(35-36-28)23-10-9-22(26-27(23)42-17-32-26)18-14-33-37(16-18)25-6-4-5-11-40-25/h9-10,14-17,19-21,25H,4-8,11-13H2,1-3H3,(H,31,34,36)/t19?,20-,21+,25?. The number of nitrogens with zero attached hydrogens (tertiary/aromatic N) is 7. The Morgan fingerprint density at radius 3 is 2.57 bits per heavy atom. The van der Waals surface area contributed by atoms with Gasteiger partial charge >= 0.3 is 6.09 Å². The first-order chi connectivity index (χ1) is 20.3. The van der Waals surface area contributed by atoms with Gasteiger partial charge in [-0.2, -0.15) is 5.10 Å². The van der Waals surface area contributed by atoms with Crippen LogP contribution in [0.3, 0.4) is 0 Å². The number of carbonyl (C=O) groups is 1. The summed E-state index contributed by atoms with van der Waals surface area (Å²) in [5.74, 6) is 0.503. The van der Waals surface area contributed by atoms with Gasteiger partial charge in [0, 0.05) is 47.6 Å². The minimum absolute atomic E-state index is 0.00106. The number of nitrogens with one attached hydrogen (secondary N) is 1. The lowest BCUT2D eigenvalue weighted by atomic mass is 9.98. The fourth-order valence-electron chi connectivity index (χ4n) is 6.51. The van der Waals surface area contributed by atoms with Gasteiger partial charge < -0.3 is 19.7 Å². The lowest BCUT2D eigenvalue weighted by Gasteiger charge is -2.39. The predicted octanol–water partition coefficient (Wildman–Crippen LogP) is 6.05. The van der Waals surface area contributed by atoms with Crippen molar-refractivity contribution in [2.45, 2.75) is 95.7 Å². The van der Waals surface area contributed by atoms with Crippen molar-refractivity contribution in [3.63, 3.8) is 0 Å². The van der Waals surface area contributed by atoms with Crippen LogP contribution in [-0.4, -0.2) is 71.3 Å². The normalized spacial score (nSPS) is 24.2. The molecule has 0 saturated carbocycles. The number of thiazole rings is 1. The van der Waals surface area contributed by atoms with E-state index in [9.17, 15) is 4.79 Å². The summed E-state index contributed by atoms with van der Waals surface area (Å²) < 4.78 is 14.5. The van der Waals surface area contributed by atoms with Crippen LogP contribution in [0.2, 0.25) is 0 Å². The molecule has 2 unspecified atom stereocenters. The van der Waals surface area contributed by atoms with Crippen LogP contribution < -0.4 is 5.32 Å². The fourth-order valence-corrected chi connectivity index (χ4v) is 7.34. The molecule has 3 aliphatic heterocycles. The summed E-state index contributed by atoms with van der Waals surface area (Å²) in [7, 11) is 0. The lowest BCUT2D eigenvalue weighted by molar-refractivity contribution is -0.0394. The van der Waals surface area contributed by atoms with Crippen molar-refractivity contribution in [2.75, 3.05) is 11.9 Å². The Hall–Kier alpha value is -3.64. The Labute approximate surface area is 248 Å². The van der Waals surface area contributed by atoms with Crippen molar-refractivity contribution >= 4 is 33.6 Å². The van der Waals surface area contributed by atoms with Crippen molar-refractivity contribution in [3.8, 4) is 22.4 Å². The molecule has 1 amide bonds. The van der Waals surface area contributed by atoms with E-state index in [-0.39, 0.29) is 30.4 Å². The zero-order valence-electron chi connectivity index (χ0n) is 24.2. The maximum Gasteiger partial charge on any atom is 0.410 e. The van der Waals surface area contributed by atoms with E-state index in [1.54, 1.807) is 17.5 Å². The Kier molecular flexibility index (Phi) is 7.05. The Morgan fingerprint density at radius 1 is 1.05 bits per heavy atom. The molecule has 3 saturated heterocycles. The minimum Gasteiger partial charge on any atom is -0.444 e. The van der Waals surface area contributed by atoms with E-state index in [0.29, 0.717) is 11.6 Å². The molecular formula is C30H36N8O3S. The first kappa shape index (κ1) is 27.2. The molecule has 3 aliphatic rings. The average molecular weight is 589 g/mol. The van der Waals surface area contributed by atoms with Gasteiger partial charge in [-0.25, -0.2) is 19.4 Å². The second kappa shape index (κ2) is 10.9. The molecule has 1 aromatic carbocycles. The van der Waals surface area contributed by atoms with Gasteiger partial charge in [0.2, 0.25) is 5.95 Å². The van der Waals surface area contributed by atoms with Crippen LogP contribution in [0.4, 0.5) is 10.7 Å². The predicted molar refractivity (Wildman–Crippen MR) is 160 cm³/mol. The Morgan fingerprint density at radius 2 is 1.86 bits per heavy atom. The van der Waals surface area contributed by atoms with E-state index in [2.05, 4.69) is 48.9 Å². The highest BCUT2D eigenvalue weighted by Crippen LogP contribution is 2.39. The number of aromatic nitrogens is 6. The highest BCUT2D eigenvalue weighted by molar-refractivity contribution is 7.17. The number of piperidine rings is 1. The van der Waals surface area contributed by atoms with Crippen LogP contribution in [0.15, 0.2) is 36.2 Å². The largest absolute Gasteiger partial charge is 0.444 e. The summed E-state index contributed by atoms with van der Waals surface area (Å²) in [4.78, 5) is 24.0. The van der Waals surface area contributed by atoms with Crippen molar-refractivity contribution < 1.29 is 14.3 Å². The van der Waals surface area contributed by atoms with Crippen molar-refractivity contribution in [3.05, 3.63) is 36.2 Å². The smallest absolute Gasteiger partial charge is 0.410 e.